The molecule has 2 heterocycles. The predicted molar refractivity (Wildman–Crippen MR) is 62.9 cm³/mol. The molecule has 0 spiro atoms. The molecule has 2 nitrogen and oxygen atoms in total. The van der Waals surface area contributed by atoms with Crippen LogP contribution in [0.25, 0.3) is 0 Å². The molecule has 2 fully saturated rings. The van der Waals surface area contributed by atoms with Crippen LogP contribution in [0.3, 0.4) is 0 Å². The van der Waals surface area contributed by atoms with E-state index < -0.39 is 0 Å². The largest absolute Gasteiger partial charge is 0.388 e. The van der Waals surface area contributed by atoms with Crippen LogP contribution in [0, 0.1) is 5.92 Å². The summed E-state index contributed by atoms with van der Waals surface area (Å²) < 4.78 is 0. The molecule has 0 saturated carbocycles. The highest BCUT2D eigenvalue weighted by atomic mass is 16.3. The van der Waals surface area contributed by atoms with Gasteiger partial charge in [0.2, 0.25) is 0 Å². The Labute approximate surface area is 93.7 Å². The van der Waals surface area contributed by atoms with Crippen molar-refractivity contribution in [3.63, 3.8) is 0 Å². The van der Waals surface area contributed by atoms with E-state index in [1.807, 2.05) is 0 Å². The second kappa shape index (κ2) is 4.42. The van der Waals surface area contributed by atoms with Gasteiger partial charge in [0.25, 0.3) is 0 Å². The lowest BCUT2D eigenvalue weighted by molar-refractivity contribution is 0.00310. The van der Waals surface area contributed by atoms with Gasteiger partial charge in [-0.25, -0.2) is 0 Å². The van der Waals surface area contributed by atoms with Gasteiger partial charge in [-0.1, -0.05) is 26.7 Å². The predicted octanol–water partition coefficient (Wildman–Crippen LogP) is 2.41. The number of hydrogen-bond donors (Lipinski definition) is 1. The smallest absolute Gasteiger partial charge is 0.0814 e. The van der Waals surface area contributed by atoms with Gasteiger partial charge in [-0.2, -0.15) is 0 Å². The fourth-order valence-corrected chi connectivity index (χ4v) is 3.31. The molecule has 2 unspecified atom stereocenters. The summed E-state index contributed by atoms with van der Waals surface area (Å²) in [7, 11) is 0. The van der Waals surface area contributed by atoms with Crippen LogP contribution in [0.15, 0.2) is 0 Å². The third kappa shape index (κ3) is 2.36. The van der Waals surface area contributed by atoms with E-state index in [-0.39, 0.29) is 5.60 Å². The van der Waals surface area contributed by atoms with Crippen molar-refractivity contribution in [3.05, 3.63) is 0 Å². The molecule has 2 heteroatoms. The highest BCUT2D eigenvalue weighted by Crippen LogP contribution is 2.39. The monoisotopic (exact) mass is 211 g/mol. The van der Waals surface area contributed by atoms with E-state index in [1.165, 1.54) is 32.2 Å². The fraction of sp³-hybridized carbons (Fsp3) is 1.00. The zero-order valence-corrected chi connectivity index (χ0v) is 10.2. The molecular formula is C13H25NO. The number of fused-ring (bicyclic) bond motifs is 1. The summed E-state index contributed by atoms with van der Waals surface area (Å²) in [6, 6.07) is 0.490. The Morgan fingerprint density at radius 2 is 2.20 bits per heavy atom. The van der Waals surface area contributed by atoms with Crippen molar-refractivity contribution in [1.82, 2.24) is 4.90 Å². The Kier molecular flexibility index (Phi) is 3.36. The summed E-state index contributed by atoms with van der Waals surface area (Å²) in [4.78, 5) is 2.50. The van der Waals surface area contributed by atoms with Crippen LogP contribution >= 0.6 is 0 Å². The molecule has 0 radical (unpaired) electrons. The summed E-state index contributed by atoms with van der Waals surface area (Å²) >= 11 is 0. The average molecular weight is 211 g/mol. The summed E-state index contributed by atoms with van der Waals surface area (Å²) in [5.41, 5.74) is -0.342. The van der Waals surface area contributed by atoms with Crippen molar-refractivity contribution in [2.45, 2.75) is 64.0 Å². The molecule has 88 valence electrons. The quantitative estimate of drug-likeness (QED) is 0.772. The van der Waals surface area contributed by atoms with Gasteiger partial charge >= 0.3 is 0 Å². The van der Waals surface area contributed by atoms with Gasteiger partial charge in [0.15, 0.2) is 0 Å². The molecule has 0 aromatic heterocycles. The first-order valence-corrected chi connectivity index (χ1v) is 6.58. The number of nitrogens with zero attached hydrogens (tertiary/aromatic N) is 1. The molecule has 0 amide bonds. The second-order valence-corrected chi connectivity index (χ2v) is 5.83. The van der Waals surface area contributed by atoms with E-state index in [0.29, 0.717) is 6.04 Å². The molecule has 0 aromatic rings. The molecule has 0 aromatic carbocycles. The molecule has 2 aliphatic rings. The highest BCUT2D eigenvalue weighted by molar-refractivity contribution is 5.02. The van der Waals surface area contributed by atoms with Gasteiger partial charge in [-0.15, -0.1) is 0 Å². The molecule has 15 heavy (non-hydrogen) atoms. The molecule has 2 aliphatic heterocycles. The average Bonchev–Trinajstić information content (AvgIpc) is 2.71. The van der Waals surface area contributed by atoms with Gasteiger partial charge in [-0.3, -0.25) is 4.90 Å². The maximum absolute atomic E-state index is 10.6. The molecule has 2 saturated heterocycles. The molecule has 0 bridgehead atoms. The maximum atomic E-state index is 10.6. The summed E-state index contributed by atoms with van der Waals surface area (Å²) in [6.07, 6.45) is 6.99. The first-order chi connectivity index (χ1) is 7.12. The van der Waals surface area contributed by atoms with Crippen LogP contribution in [0.4, 0.5) is 0 Å². The molecule has 0 aliphatic carbocycles. The topological polar surface area (TPSA) is 23.5 Å². The van der Waals surface area contributed by atoms with Gasteiger partial charge in [-0.05, 0) is 38.1 Å². The SMILES string of the molecule is CC(C)CCCC1(O)CCN2CCCC21. The van der Waals surface area contributed by atoms with Crippen molar-refractivity contribution in [2.75, 3.05) is 13.1 Å². The van der Waals surface area contributed by atoms with E-state index in [9.17, 15) is 5.11 Å². The van der Waals surface area contributed by atoms with Gasteiger partial charge in [0.05, 0.1) is 5.60 Å². The lowest BCUT2D eigenvalue weighted by Crippen LogP contribution is -2.41. The highest BCUT2D eigenvalue weighted by Gasteiger charge is 2.47. The van der Waals surface area contributed by atoms with Crippen LogP contribution in [0.5, 0.6) is 0 Å². The third-order valence-electron chi connectivity index (χ3n) is 4.21. The minimum atomic E-state index is -0.342. The van der Waals surface area contributed by atoms with Crippen molar-refractivity contribution >= 4 is 0 Å². The van der Waals surface area contributed by atoms with E-state index in [2.05, 4.69) is 18.7 Å². The Morgan fingerprint density at radius 1 is 1.40 bits per heavy atom. The first kappa shape index (κ1) is 11.4. The van der Waals surface area contributed by atoms with E-state index >= 15 is 0 Å². The molecular weight excluding hydrogens is 186 g/mol. The zero-order chi connectivity index (χ0) is 10.9. The van der Waals surface area contributed by atoms with Gasteiger partial charge in [0.1, 0.15) is 0 Å². The van der Waals surface area contributed by atoms with Crippen LogP contribution in [0.2, 0.25) is 0 Å². The Hall–Kier alpha value is -0.0800. The lowest BCUT2D eigenvalue weighted by Gasteiger charge is -2.30. The van der Waals surface area contributed by atoms with Crippen LogP contribution in [0.1, 0.15) is 52.4 Å². The zero-order valence-electron chi connectivity index (χ0n) is 10.2. The van der Waals surface area contributed by atoms with Gasteiger partial charge in [0, 0.05) is 12.6 Å². The fourth-order valence-electron chi connectivity index (χ4n) is 3.31. The number of hydrogen-bond acceptors (Lipinski definition) is 2. The third-order valence-corrected chi connectivity index (χ3v) is 4.21. The Bertz CT molecular complexity index is 217. The maximum Gasteiger partial charge on any atom is 0.0814 e. The van der Waals surface area contributed by atoms with E-state index in [1.54, 1.807) is 0 Å². The van der Waals surface area contributed by atoms with Crippen molar-refractivity contribution in [1.29, 1.82) is 0 Å². The minimum Gasteiger partial charge on any atom is -0.388 e. The van der Waals surface area contributed by atoms with Crippen molar-refractivity contribution < 1.29 is 5.11 Å². The summed E-state index contributed by atoms with van der Waals surface area (Å²) in [5.74, 6) is 0.773. The number of rotatable bonds is 4. The van der Waals surface area contributed by atoms with E-state index in [0.717, 1.165) is 25.3 Å². The molecule has 2 rings (SSSR count). The van der Waals surface area contributed by atoms with E-state index in [4.69, 9.17) is 0 Å². The Morgan fingerprint density at radius 3 is 2.93 bits per heavy atom. The van der Waals surface area contributed by atoms with Crippen LogP contribution < -0.4 is 0 Å². The van der Waals surface area contributed by atoms with Crippen molar-refractivity contribution in [3.8, 4) is 0 Å². The number of aliphatic hydroxyl groups is 1. The lowest BCUT2D eigenvalue weighted by atomic mass is 9.86. The molecule has 1 N–H and O–H groups in total. The second-order valence-electron chi connectivity index (χ2n) is 5.83. The van der Waals surface area contributed by atoms with Crippen LogP contribution in [-0.4, -0.2) is 34.7 Å². The molecule has 2 atom stereocenters. The Balaban J connectivity index is 1.84. The first-order valence-electron chi connectivity index (χ1n) is 6.58. The van der Waals surface area contributed by atoms with Crippen LogP contribution in [-0.2, 0) is 0 Å². The summed E-state index contributed by atoms with van der Waals surface area (Å²) in [5, 5.41) is 10.6. The normalized spacial score (nSPS) is 36.4. The standard InChI is InChI=1S/C13H25NO/c1-11(2)5-3-7-13(15)8-10-14-9-4-6-12(13)14/h11-12,15H,3-10H2,1-2H3. The van der Waals surface area contributed by atoms with Gasteiger partial charge < -0.3 is 5.11 Å². The summed E-state index contributed by atoms with van der Waals surface area (Å²) in [6.45, 7) is 6.88. The van der Waals surface area contributed by atoms with Crippen molar-refractivity contribution in [2.24, 2.45) is 5.92 Å². The minimum absolute atomic E-state index is 0.342.